The predicted octanol–water partition coefficient (Wildman–Crippen LogP) is 4.75. The lowest BCUT2D eigenvalue weighted by atomic mass is 9.76. The van der Waals surface area contributed by atoms with Crippen molar-refractivity contribution in [1.82, 2.24) is 9.78 Å². The van der Waals surface area contributed by atoms with E-state index >= 15 is 0 Å². The summed E-state index contributed by atoms with van der Waals surface area (Å²) in [5, 5.41) is 4.41. The van der Waals surface area contributed by atoms with Gasteiger partial charge in [0.15, 0.2) is 0 Å². The number of hydrogen-bond donors (Lipinski definition) is 0. The molecule has 0 saturated heterocycles. The summed E-state index contributed by atoms with van der Waals surface area (Å²) in [5.74, 6) is 1.69. The molecule has 0 N–H and O–H groups in total. The lowest BCUT2D eigenvalue weighted by Crippen LogP contribution is -2.26. The second-order valence-corrected chi connectivity index (χ2v) is 8.81. The zero-order valence-electron chi connectivity index (χ0n) is 16.8. The van der Waals surface area contributed by atoms with E-state index < -0.39 is 0 Å². The van der Waals surface area contributed by atoms with Gasteiger partial charge in [0, 0.05) is 17.5 Å². The first kappa shape index (κ1) is 19.0. The van der Waals surface area contributed by atoms with Gasteiger partial charge in [-0.15, -0.1) is 11.8 Å². The maximum Gasteiger partial charge on any atom is 0.223 e. The summed E-state index contributed by atoms with van der Waals surface area (Å²) in [5.41, 5.74) is 5.76. The van der Waals surface area contributed by atoms with Gasteiger partial charge in [-0.25, -0.2) is 4.68 Å². The summed E-state index contributed by atoms with van der Waals surface area (Å²) in [7, 11) is 1.82. The largest absolute Gasteiger partial charge is 0.478 e. The quantitative estimate of drug-likeness (QED) is 0.727. The standard InChI is InChI=1S/C21H28N2O2S/c1-8-25-20-16(14(4)22-23(20)7)18(24)15-11-12(2)19-17(13(15)3)21(5,6)9-10-26-19/h11H,8-10H2,1-7H3. The summed E-state index contributed by atoms with van der Waals surface area (Å²) >= 11 is 1.91. The molecule has 2 heterocycles. The molecular weight excluding hydrogens is 344 g/mol. The van der Waals surface area contributed by atoms with E-state index in [2.05, 4.69) is 32.8 Å². The van der Waals surface area contributed by atoms with Crippen LogP contribution in [0, 0.1) is 20.8 Å². The van der Waals surface area contributed by atoms with Crippen LogP contribution in [-0.4, -0.2) is 27.9 Å². The highest BCUT2D eigenvalue weighted by molar-refractivity contribution is 7.99. The van der Waals surface area contributed by atoms with E-state index in [4.69, 9.17) is 4.74 Å². The van der Waals surface area contributed by atoms with Crippen molar-refractivity contribution in [2.75, 3.05) is 12.4 Å². The monoisotopic (exact) mass is 372 g/mol. The van der Waals surface area contributed by atoms with E-state index in [9.17, 15) is 4.79 Å². The Hall–Kier alpha value is -1.75. The predicted molar refractivity (Wildman–Crippen MR) is 107 cm³/mol. The van der Waals surface area contributed by atoms with Crippen molar-refractivity contribution in [3.63, 3.8) is 0 Å². The van der Waals surface area contributed by atoms with Gasteiger partial charge in [0.05, 0.1) is 12.3 Å². The minimum atomic E-state index is 0.00817. The summed E-state index contributed by atoms with van der Waals surface area (Å²) in [6.07, 6.45) is 1.12. The molecule has 26 heavy (non-hydrogen) atoms. The van der Waals surface area contributed by atoms with Gasteiger partial charge in [-0.3, -0.25) is 4.79 Å². The number of aryl methyl sites for hydroxylation is 3. The highest BCUT2D eigenvalue weighted by Gasteiger charge is 2.34. The summed E-state index contributed by atoms with van der Waals surface area (Å²) < 4.78 is 7.39. The van der Waals surface area contributed by atoms with Crippen LogP contribution in [0.25, 0.3) is 0 Å². The fourth-order valence-corrected chi connectivity index (χ4v) is 5.67. The molecule has 0 amide bonds. The molecule has 0 atom stereocenters. The van der Waals surface area contributed by atoms with Crippen LogP contribution >= 0.6 is 11.8 Å². The first-order valence-corrected chi connectivity index (χ1v) is 10.2. The topological polar surface area (TPSA) is 44.1 Å². The van der Waals surface area contributed by atoms with Gasteiger partial charge >= 0.3 is 0 Å². The minimum Gasteiger partial charge on any atom is -0.478 e. The van der Waals surface area contributed by atoms with Gasteiger partial charge in [0.1, 0.15) is 5.56 Å². The van der Waals surface area contributed by atoms with Crippen molar-refractivity contribution >= 4 is 17.5 Å². The molecular formula is C21H28N2O2S. The van der Waals surface area contributed by atoms with Crippen LogP contribution in [0.1, 0.15) is 65.5 Å². The van der Waals surface area contributed by atoms with Crippen molar-refractivity contribution < 1.29 is 9.53 Å². The molecule has 3 rings (SSSR count). The Morgan fingerprint density at radius 2 is 2.04 bits per heavy atom. The van der Waals surface area contributed by atoms with E-state index in [1.54, 1.807) is 4.68 Å². The third kappa shape index (κ3) is 2.96. The molecule has 0 radical (unpaired) electrons. The number of carbonyl (C=O) groups excluding carboxylic acids is 1. The van der Waals surface area contributed by atoms with Crippen molar-refractivity contribution in [2.24, 2.45) is 7.05 Å². The van der Waals surface area contributed by atoms with E-state index in [0.29, 0.717) is 23.7 Å². The lowest BCUT2D eigenvalue weighted by Gasteiger charge is -2.35. The molecule has 0 spiro atoms. The maximum atomic E-state index is 13.5. The Balaban J connectivity index is 2.20. The number of aromatic nitrogens is 2. The van der Waals surface area contributed by atoms with Crippen LogP contribution in [0.2, 0.25) is 0 Å². The number of hydrogen-bond acceptors (Lipinski definition) is 4. The fraction of sp³-hybridized carbons (Fsp3) is 0.524. The molecule has 1 aromatic carbocycles. The van der Waals surface area contributed by atoms with Crippen LogP contribution < -0.4 is 4.74 Å². The van der Waals surface area contributed by atoms with E-state index in [0.717, 1.165) is 23.3 Å². The average Bonchev–Trinajstić information content (AvgIpc) is 2.83. The second-order valence-electron chi connectivity index (χ2n) is 7.70. The van der Waals surface area contributed by atoms with Gasteiger partial charge in [-0.05, 0) is 68.0 Å². The van der Waals surface area contributed by atoms with Crippen LogP contribution in [0.5, 0.6) is 5.88 Å². The lowest BCUT2D eigenvalue weighted by molar-refractivity contribution is 0.103. The molecule has 0 unspecified atom stereocenters. The van der Waals surface area contributed by atoms with Gasteiger partial charge < -0.3 is 4.74 Å². The number of rotatable bonds is 4. The number of nitrogens with zero attached hydrogens (tertiary/aromatic N) is 2. The third-order valence-corrected chi connectivity index (χ3v) is 6.52. The molecule has 1 aliphatic rings. The van der Waals surface area contributed by atoms with Crippen molar-refractivity contribution in [3.05, 3.63) is 39.6 Å². The van der Waals surface area contributed by atoms with Crippen molar-refractivity contribution in [3.8, 4) is 5.88 Å². The first-order valence-electron chi connectivity index (χ1n) is 9.17. The van der Waals surface area contributed by atoms with E-state index in [-0.39, 0.29) is 11.2 Å². The van der Waals surface area contributed by atoms with Crippen LogP contribution in [0.15, 0.2) is 11.0 Å². The number of ether oxygens (including phenoxy) is 1. The average molecular weight is 373 g/mol. The number of ketones is 1. The fourth-order valence-electron chi connectivity index (χ4n) is 4.00. The first-order chi connectivity index (χ1) is 12.2. The molecule has 5 heteroatoms. The SMILES string of the molecule is CCOc1c(C(=O)c2cc(C)c3c(c2C)C(C)(C)CCS3)c(C)nn1C. The summed E-state index contributed by atoms with van der Waals surface area (Å²) in [6, 6.07) is 2.05. The molecule has 0 saturated carbocycles. The van der Waals surface area contributed by atoms with Gasteiger partial charge in [0.2, 0.25) is 11.7 Å². The molecule has 1 aromatic heterocycles. The van der Waals surface area contributed by atoms with E-state index in [1.807, 2.05) is 38.7 Å². The van der Waals surface area contributed by atoms with Gasteiger partial charge in [-0.2, -0.15) is 5.10 Å². The third-order valence-electron chi connectivity index (χ3n) is 5.30. The highest BCUT2D eigenvalue weighted by atomic mass is 32.2. The molecule has 2 aromatic rings. The molecule has 1 aliphatic heterocycles. The molecule has 140 valence electrons. The molecule has 0 bridgehead atoms. The zero-order chi connectivity index (χ0) is 19.2. The minimum absolute atomic E-state index is 0.00817. The van der Waals surface area contributed by atoms with Gasteiger partial charge in [0.25, 0.3) is 0 Å². The normalized spacial score (nSPS) is 15.7. The van der Waals surface area contributed by atoms with Crippen molar-refractivity contribution in [2.45, 2.75) is 58.3 Å². The second kappa shape index (κ2) is 6.76. The Bertz CT molecular complexity index is 881. The Morgan fingerprint density at radius 3 is 2.69 bits per heavy atom. The van der Waals surface area contributed by atoms with Gasteiger partial charge in [-0.1, -0.05) is 13.8 Å². The number of carbonyl (C=O) groups is 1. The van der Waals surface area contributed by atoms with Crippen molar-refractivity contribution in [1.29, 1.82) is 0 Å². The molecule has 4 nitrogen and oxygen atoms in total. The van der Waals surface area contributed by atoms with Crippen LogP contribution in [0.4, 0.5) is 0 Å². The Morgan fingerprint density at radius 1 is 1.35 bits per heavy atom. The van der Waals surface area contributed by atoms with Crippen LogP contribution in [0.3, 0.4) is 0 Å². The molecule has 0 aliphatic carbocycles. The smallest absolute Gasteiger partial charge is 0.223 e. The number of fused-ring (bicyclic) bond motifs is 1. The van der Waals surface area contributed by atoms with Crippen LogP contribution in [-0.2, 0) is 12.5 Å². The summed E-state index contributed by atoms with van der Waals surface area (Å²) in [4.78, 5) is 14.9. The maximum absolute atomic E-state index is 13.5. The Kier molecular flexibility index (Phi) is 4.95. The highest BCUT2D eigenvalue weighted by Crippen LogP contribution is 2.46. The molecule has 0 fully saturated rings. The number of thioether (sulfide) groups is 1. The zero-order valence-corrected chi connectivity index (χ0v) is 17.6. The number of benzene rings is 1. The van der Waals surface area contributed by atoms with E-state index in [1.165, 1.54) is 16.0 Å². The summed E-state index contributed by atoms with van der Waals surface area (Å²) in [6.45, 7) is 13.1. The Labute approximate surface area is 160 Å².